The topological polar surface area (TPSA) is 6.48 Å². The van der Waals surface area contributed by atoms with Gasteiger partial charge in [0.2, 0.25) is 0 Å². The van der Waals surface area contributed by atoms with Gasteiger partial charge in [0, 0.05) is 43.8 Å². The third kappa shape index (κ3) is 7.24. The normalized spacial score (nSPS) is 12.8. The summed E-state index contributed by atoms with van der Waals surface area (Å²) in [6, 6.07) is 91.9. The molecule has 0 atom stereocenters. The molecule has 2 aliphatic heterocycles. The van der Waals surface area contributed by atoms with Crippen LogP contribution >= 0.6 is 11.8 Å². The summed E-state index contributed by atoms with van der Waals surface area (Å²) in [5.41, 5.74) is 27.2. The van der Waals surface area contributed by atoms with Crippen molar-refractivity contribution in [3.63, 3.8) is 0 Å². The first-order chi connectivity index (χ1) is 38.2. The van der Waals surface area contributed by atoms with Gasteiger partial charge < -0.3 is 9.80 Å². The van der Waals surface area contributed by atoms with Gasteiger partial charge in [0.25, 0.3) is 0 Å². The van der Waals surface area contributed by atoms with Gasteiger partial charge in [-0.05, 0) is 149 Å². The highest BCUT2D eigenvalue weighted by Crippen LogP contribution is 2.59. The predicted molar refractivity (Wildman–Crippen MR) is 339 cm³/mol. The van der Waals surface area contributed by atoms with Crippen molar-refractivity contribution in [3.8, 4) is 89.0 Å². The molecule has 0 spiro atoms. The van der Waals surface area contributed by atoms with Crippen molar-refractivity contribution in [2.45, 2.75) is 43.6 Å². The molecule has 0 bridgehead atoms. The van der Waals surface area contributed by atoms with E-state index < -0.39 is 8.07 Å². The zero-order valence-corrected chi connectivity index (χ0v) is 46.3. The van der Waals surface area contributed by atoms with Gasteiger partial charge in [-0.3, -0.25) is 0 Å². The lowest BCUT2D eigenvalue weighted by atomic mass is 9.82. The van der Waals surface area contributed by atoms with Crippen LogP contribution in [0.1, 0.15) is 13.8 Å². The second-order valence-corrected chi connectivity index (χ2v) is 29.2. The molecule has 12 aromatic rings. The van der Waals surface area contributed by atoms with Crippen LogP contribution in [0, 0.1) is 0 Å². The van der Waals surface area contributed by atoms with E-state index in [0.717, 1.165) is 11.4 Å². The van der Waals surface area contributed by atoms with E-state index >= 15 is 0 Å². The summed E-state index contributed by atoms with van der Waals surface area (Å²) in [6.07, 6.45) is 0. The molecule has 0 amide bonds. The molecule has 0 fully saturated rings. The summed E-state index contributed by atoms with van der Waals surface area (Å²) >= 11 is 1.92. The van der Waals surface area contributed by atoms with Crippen molar-refractivity contribution < 1.29 is 0 Å². The Morgan fingerprint density at radius 1 is 0.333 bits per heavy atom. The fourth-order valence-corrected chi connectivity index (χ4v) is 15.1. The van der Waals surface area contributed by atoms with Crippen LogP contribution in [0.4, 0.5) is 34.1 Å². The molecule has 0 N–H and O–H groups in total. The Balaban J connectivity index is 0.907. The monoisotopic (exact) mass is 1030 g/mol. The lowest BCUT2D eigenvalue weighted by molar-refractivity contribution is 1.11. The number of thioether (sulfide) groups is 1. The second-order valence-electron chi connectivity index (χ2n) is 22.5. The first kappa shape index (κ1) is 46.6. The molecule has 372 valence electrons. The molecule has 4 heteroatoms. The lowest BCUT2D eigenvalue weighted by Crippen LogP contribution is -2.37. The van der Waals surface area contributed by atoms with Gasteiger partial charge in [0.05, 0.1) is 30.8 Å². The SMILES string of the molecule is CC(C)Sc1ccc2c(c1)-c1ccccc1-c1ccccc1N2c1ccc(-c2c3c(c(-c4ccc(N5c6ccccc6-c6ccccc6-c6cc([Si](C)(C)C)ccc65)cc4)c4ccccc24)-c2cccc4cccc-3c24)cc1. The van der Waals surface area contributed by atoms with E-state index in [1.807, 2.05) is 11.8 Å². The van der Waals surface area contributed by atoms with E-state index in [4.69, 9.17) is 0 Å². The van der Waals surface area contributed by atoms with Crippen molar-refractivity contribution in [3.05, 3.63) is 243 Å². The molecule has 15 rings (SSSR count). The molecule has 1 aliphatic carbocycles. The maximum Gasteiger partial charge on any atom is 0.0776 e. The lowest BCUT2D eigenvalue weighted by Gasteiger charge is -2.29. The summed E-state index contributed by atoms with van der Waals surface area (Å²) in [5.74, 6) is 0. The van der Waals surface area contributed by atoms with Gasteiger partial charge in [-0.25, -0.2) is 0 Å². The van der Waals surface area contributed by atoms with Gasteiger partial charge in [-0.2, -0.15) is 0 Å². The molecule has 0 aromatic heterocycles. The molecular weight excluding hydrogens is 977 g/mol. The van der Waals surface area contributed by atoms with E-state index in [9.17, 15) is 0 Å². The smallest absolute Gasteiger partial charge is 0.0776 e. The third-order valence-corrected chi connectivity index (χ3v) is 19.5. The van der Waals surface area contributed by atoms with E-state index in [1.165, 1.54) is 143 Å². The average molecular weight is 1030 g/mol. The van der Waals surface area contributed by atoms with Crippen molar-refractivity contribution in [2.75, 3.05) is 9.80 Å². The minimum absolute atomic E-state index is 0.478. The Morgan fingerprint density at radius 3 is 1.21 bits per heavy atom. The van der Waals surface area contributed by atoms with E-state index in [-0.39, 0.29) is 0 Å². The highest BCUT2D eigenvalue weighted by Gasteiger charge is 2.33. The first-order valence-corrected chi connectivity index (χ1v) is 31.8. The Labute approximate surface area is 463 Å². The highest BCUT2D eigenvalue weighted by atomic mass is 32.2. The predicted octanol–water partition coefficient (Wildman–Crippen LogP) is 21.3. The maximum atomic E-state index is 2.50. The fraction of sp³-hybridized carbons (Fsp3) is 0.0811. The van der Waals surface area contributed by atoms with Crippen LogP contribution in [-0.4, -0.2) is 13.3 Å². The molecule has 2 heterocycles. The standard InChI is InChI=1S/C74H56N2SSi/c1-46(2)77-52-40-42-68-64(44-52)56-22-8-6-20-54(56)58-24-12-14-30-66(58)75(68)50-36-32-48(33-37-50)71-60-26-10-11-27-61(60)72(74-63-29-17-19-47-18-16-28-62(70(47)63)73(71)74)49-34-38-51(39-35-49)76-67-31-15-13-25-59(67)55-21-7-9-23-57(55)65-45-53(78(3,4)5)41-43-69(65)76/h6-46H,1-5H3. The van der Waals surface area contributed by atoms with Gasteiger partial charge in [0.1, 0.15) is 0 Å². The molecule has 12 aromatic carbocycles. The number of rotatable bonds is 7. The van der Waals surface area contributed by atoms with Crippen LogP contribution in [-0.2, 0) is 0 Å². The van der Waals surface area contributed by atoms with Crippen LogP contribution in [0.15, 0.2) is 248 Å². The number of hydrogen-bond donors (Lipinski definition) is 0. The quantitative estimate of drug-likeness (QED) is 0.116. The molecule has 0 saturated heterocycles. The molecule has 78 heavy (non-hydrogen) atoms. The summed E-state index contributed by atoms with van der Waals surface area (Å²) in [5, 5.41) is 7.02. The third-order valence-electron chi connectivity index (χ3n) is 16.5. The number of benzene rings is 12. The summed E-state index contributed by atoms with van der Waals surface area (Å²) in [7, 11) is -1.63. The van der Waals surface area contributed by atoms with Crippen LogP contribution in [0.5, 0.6) is 0 Å². The number of para-hydroxylation sites is 2. The minimum Gasteiger partial charge on any atom is -0.309 e. The summed E-state index contributed by atoms with van der Waals surface area (Å²) in [4.78, 5) is 6.27. The molecule has 0 unspecified atom stereocenters. The van der Waals surface area contributed by atoms with Crippen LogP contribution in [0.25, 0.3) is 111 Å². The van der Waals surface area contributed by atoms with Crippen LogP contribution in [0.3, 0.4) is 0 Å². The Bertz CT molecular complexity index is 4430. The number of anilines is 6. The minimum atomic E-state index is -1.63. The van der Waals surface area contributed by atoms with Gasteiger partial charge in [-0.15, -0.1) is 11.8 Å². The zero-order valence-electron chi connectivity index (χ0n) is 44.5. The van der Waals surface area contributed by atoms with Gasteiger partial charge >= 0.3 is 0 Å². The van der Waals surface area contributed by atoms with Crippen molar-refractivity contribution >= 4 is 80.7 Å². The first-order valence-electron chi connectivity index (χ1n) is 27.4. The Kier molecular flexibility index (Phi) is 10.7. The molecule has 0 saturated carbocycles. The zero-order chi connectivity index (χ0) is 52.4. The number of nitrogens with zero attached hydrogens (tertiary/aromatic N) is 2. The molecule has 2 nitrogen and oxygen atoms in total. The summed E-state index contributed by atoms with van der Waals surface area (Å²) in [6.45, 7) is 11.9. The largest absolute Gasteiger partial charge is 0.309 e. The summed E-state index contributed by atoms with van der Waals surface area (Å²) < 4.78 is 0. The molecule has 0 radical (unpaired) electrons. The van der Waals surface area contributed by atoms with Gasteiger partial charge in [-0.1, -0.05) is 221 Å². The second kappa shape index (κ2) is 18.0. The van der Waals surface area contributed by atoms with Gasteiger partial charge in [0.15, 0.2) is 0 Å². The Morgan fingerprint density at radius 2 is 0.731 bits per heavy atom. The number of hydrogen-bond acceptors (Lipinski definition) is 3. The average Bonchev–Trinajstić information content (AvgIpc) is 3.62. The van der Waals surface area contributed by atoms with E-state index in [1.54, 1.807) is 0 Å². The van der Waals surface area contributed by atoms with Crippen molar-refractivity contribution in [1.82, 2.24) is 0 Å². The number of fused-ring (bicyclic) bond motifs is 14. The van der Waals surface area contributed by atoms with Crippen LogP contribution in [0.2, 0.25) is 19.6 Å². The molecular formula is C74H56N2SSi. The van der Waals surface area contributed by atoms with Crippen LogP contribution < -0.4 is 15.0 Å². The van der Waals surface area contributed by atoms with E-state index in [0.29, 0.717) is 5.25 Å². The Hall–Kier alpha value is -8.67. The van der Waals surface area contributed by atoms with Crippen molar-refractivity contribution in [2.24, 2.45) is 0 Å². The molecule has 3 aliphatic rings. The van der Waals surface area contributed by atoms with E-state index in [2.05, 4.69) is 286 Å². The highest BCUT2D eigenvalue weighted by molar-refractivity contribution is 7.99. The fourth-order valence-electron chi connectivity index (χ4n) is 13.1. The van der Waals surface area contributed by atoms with Crippen molar-refractivity contribution in [1.29, 1.82) is 0 Å². The maximum absolute atomic E-state index is 2.50.